The van der Waals surface area contributed by atoms with Crippen LogP contribution in [0.3, 0.4) is 0 Å². The maximum Gasteiger partial charge on any atom is 0.160 e. The van der Waals surface area contributed by atoms with Crippen molar-refractivity contribution < 1.29 is 14.6 Å². The molecule has 0 saturated heterocycles. The maximum absolute atomic E-state index is 9.97. The highest BCUT2D eigenvalue weighted by molar-refractivity contribution is 6.21. The summed E-state index contributed by atoms with van der Waals surface area (Å²) >= 11 is 7.04. The lowest BCUT2D eigenvalue weighted by Gasteiger charge is -2.25. The van der Waals surface area contributed by atoms with E-state index >= 15 is 0 Å². The SMILES string of the molecule is CCN(CC)CCOc1ccc([C@H](c2ccccc2)[C@H](Cl)c2ccc(O)c(OC)c2)cc1. The van der Waals surface area contributed by atoms with Gasteiger partial charge in [0, 0.05) is 12.5 Å². The summed E-state index contributed by atoms with van der Waals surface area (Å²) in [6.07, 6.45) is 0. The topological polar surface area (TPSA) is 41.9 Å². The van der Waals surface area contributed by atoms with Crippen molar-refractivity contribution >= 4 is 11.6 Å². The largest absolute Gasteiger partial charge is 0.504 e. The Balaban J connectivity index is 1.84. The third-order valence-electron chi connectivity index (χ3n) is 5.78. The van der Waals surface area contributed by atoms with Crippen LogP contribution in [0.5, 0.6) is 17.2 Å². The molecule has 0 aliphatic heterocycles. The van der Waals surface area contributed by atoms with Crippen molar-refractivity contribution in [2.45, 2.75) is 25.1 Å². The average Bonchev–Trinajstić information content (AvgIpc) is 2.84. The highest BCUT2D eigenvalue weighted by Crippen LogP contribution is 2.43. The van der Waals surface area contributed by atoms with E-state index in [1.807, 2.05) is 36.4 Å². The molecule has 0 saturated carbocycles. The van der Waals surface area contributed by atoms with Crippen LogP contribution in [-0.4, -0.2) is 43.4 Å². The Kier molecular flexibility index (Phi) is 8.83. The summed E-state index contributed by atoms with van der Waals surface area (Å²) in [6, 6.07) is 23.7. The van der Waals surface area contributed by atoms with Crippen molar-refractivity contribution in [3.8, 4) is 17.2 Å². The predicted octanol–water partition coefficient (Wildman–Crippen LogP) is 6.23. The standard InChI is InChI=1S/C27H32ClNO3/c1-4-29(5-2)17-18-32-23-14-11-21(12-15-23)26(20-9-7-6-8-10-20)27(28)22-13-16-24(30)25(19-22)31-3/h6-16,19,26-27,30H,4-5,17-18H2,1-3H3/t26-,27+/m0/s1. The second-order valence-electron chi connectivity index (χ2n) is 7.67. The number of alkyl halides is 1. The van der Waals surface area contributed by atoms with Gasteiger partial charge in [0.15, 0.2) is 11.5 Å². The second kappa shape index (κ2) is 11.8. The quantitative estimate of drug-likeness (QED) is 0.349. The van der Waals surface area contributed by atoms with Gasteiger partial charge in [0.1, 0.15) is 12.4 Å². The molecular formula is C27H32ClNO3. The van der Waals surface area contributed by atoms with E-state index < -0.39 is 0 Å². The number of methoxy groups -OCH3 is 1. The molecule has 0 aliphatic rings. The highest BCUT2D eigenvalue weighted by atomic mass is 35.5. The smallest absolute Gasteiger partial charge is 0.160 e. The number of nitrogens with zero attached hydrogens (tertiary/aromatic N) is 1. The molecule has 0 unspecified atom stereocenters. The Hall–Kier alpha value is -2.69. The van der Waals surface area contributed by atoms with E-state index in [4.69, 9.17) is 21.1 Å². The minimum absolute atomic E-state index is 0.0724. The zero-order chi connectivity index (χ0) is 22.9. The molecule has 3 aromatic carbocycles. The van der Waals surface area contributed by atoms with Crippen molar-refractivity contribution in [3.63, 3.8) is 0 Å². The number of hydrogen-bond donors (Lipinski definition) is 1. The first-order valence-corrected chi connectivity index (χ1v) is 11.5. The molecule has 1 N–H and O–H groups in total. The van der Waals surface area contributed by atoms with Crippen LogP contribution in [0.2, 0.25) is 0 Å². The molecule has 0 spiro atoms. The van der Waals surface area contributed by atoms with Crippen LogP contribution in [-0.2, 0) is 0 Å². The number of hydrogen-bond acceptors (Lipinski definition) is 4. The fourth-order valence-corrected chi connectivity index (χ4v) is 4.28. The molecule has 0 radical (unpaired) electrons. The molecule has 0 heterocycles. The Morgan fingerprint density at radius 2 is 1.50 bits per heavy atom. The predicted molar refractivity (Wildman–Crippen MR) is 131 cm³/mol. The third kappa shape index (κ3) is 5.96. The lowest BCUT2D eigenvalue weighted by Crippen LogP contribution is -2.27. The fourth-order valence-electron chi connectivity index (χ4n) is 3.85. The Morgan fingerprint density at radius 1 is 0.875 bits per heavy atom. The van der Waals surface area contributed by atoms with E-state index in [0.29, 0.717) is 12.4 Å². The summed E-state index contributed by atoms with van der Waals surface area (Å²) in [5.74, 6) is 1.29. The first-order valence-electron chi connectivity index (χ1n) is 11.1. The van der Waals surface area contributed by atoms with E-state index in [2.05, 4.69) is 43.0 Å². The number of ether oxygens (including phenoxy) is 2. The van der Waals surface area contributed by atoms with Gasteiger partial charge in [-0.1, -0.05) is 62.4 Å². The zero-order valence-electron chi connectivity index (χ0n) is 19.0. The van der Waals surface area contributed by atoms with Gasteiger partial charge in [-0.2, -0.15) is 0 Å². The summed E-state index contributed by atoms with van der Waals surface area (Å²) in [5, 5.41) is 9.63. The minimum Gasteiger partial charge on any atom is -0.504 e. The number of rotatable bonds is 11. The molecule has 4 nitrogen and oxygen atoms in total. The zero-order valence-corrected chi connectivity index (χ0v) is 19.8. The van der Waals surface area contributed by atoms with E-state index in [1.54, 1.807) is 12.1 Å². The molecule has 170 valence electrons. The van der Waals surface area contributed by atoms with Crippen molar-refractivity contribution in [1.29, 1.82) is 0 Å². The van der Waals surface area contributed by atoms with E-state index in [1.165, 1.54) is 7.11 Å². The summed E-state index contributed by atoms with van der Waals surface area (Å²) in [4.78, 5) is 2.34. The Labute approximate surface area is 196 Å². The second-order valence-corrected chi connectivity index (χ2v) is 8.14. The number of phenolic OH excluding ortho intramolecular Hbond substituents is 1. The lowest BCUT2D eigenvalue weighted by molar-refractivity contribution is 0.223. The average molecular weight is 454 g/mol. The van der Waals surface area contributed by atoms with Crippen LogP contribution in [0.1, 0.15) is 41.8 Å². The van der Waals surface area contributed by atoms with Crippen LogP contribution in [0.25, 0.3) is 0 Å². The van der Waals surface area contributed by atoms with Crippen molar-refractivity contribution in [2.75, 3.05) is 33.4 Å². The maximum atomic E-state index is 9.97. The molecule has 5 heteroatoms. The fraction of sp³-hybridized carbons (Fsp3) is 0.333. The number of aromatic hydroxyl groups is 1. The van der Waals surface area contributed by atoms with Gasteiger partial charge in [-0.05, 0) is 54.0 Å². The normalized spacial score (nSPS) is 13.0. The first-order chi connectivity index (χ1) is 15.6. The van der Waals surface area contributed by atoms with Crippen molar-refractivity contribution in [3.05, 3.63) is 89.5 Å². The summed E-state index contributed by atoms with van der Waals surface area (Å²) in [5.41, 5.74) is 3.10. The molecule has 3 rings (SSSR count). The van der Waals surface area contributed by atoms with Crippen molar-refractivity contribution in [1.82, 2.24) is 4.90 Å². The third-order valence-corrected chi connectivity index (χ3v) is 6.29. The van der Waals surface area contributed by atoms with E-state index in [9.17, 15) is 5.11 Å². The van der Waals surface area contributed by atoms with Gasteiger partial charge in [0.05, 0.1) is 12.5 Å². The Morgan fingerprint density at radius 3 is 2.12 bits per heavy atom. The molecule has 0 bridgehead atoms. The van der Waals surface area contributed by atoms with E-state index in [0.717, 1.165) is 42.1 Å². The van der Waals surface area contributed by atoms with Crippen molar-refractivity contribution in [2.24, 2.45) is 0 Å². The minimum atomic E-state index is -0.346. The molecule has 0 aromatic heterocycles. The van der Waals surface area contributed by atoms with Gasteiger partial charge >= 0.3 is 0 Å². The summed E-state index contributed by atoms with van der Waals surface area (Å²) in [6.45, 7) is 7.94. The van der Waals surface area contributed by atoms with Crippen LogP contribution < -0.4 is 9.47 Å². The van der Waals surface area contributed by atoms with Crippen LogP contribution in [0, 0.1) is 0 Å². The molecular weight excluding hydrogens is 422 g/mol. The molecule has 0 aliphatic carbocycles. The number of phenols is 1. The van der Waals surface area contributed by atoms with Gasteiger partial charge in [-0.15, -0.1) is 11.6 Å². The molecule has 3 aromatic rings. The van der Waals surface area contributed by atoms with Gasteiger partial charge in [0.25, 0.3) is 0 Å². The van der Waals surface area contributed by atoms with Crippen LogP contribution in [0.15, 0.2) is 72.8 Å². The van der Waals surface area contributed by atoms with Crippen LogP contribution in [0.4, 0.5) is 0 Å². The number of benzene rings is 3. The van der Waals surface area contributed by atoms with Gasteiger partial charge in [-0.25, -0.2) is 0 Å². The van der Waals surface area contributed by atoms with E-state index in [-0.39, 0.29) is 17.0 Å². The molecule has 0 fully saturated rings. The number of likely N-dealkylation sites (N-methyl/N-ethyl adjacent to an activating group) is 1. The molecule has 2 atom stereocenters. The first kappa shape index (κ1) is 24.0. The molecule has 32 heavy (non-hydrogen) atoms. The number of halogens is 1. The van der Waals surface area contributed by atoms with Gasteiger partial charge in [0.2, 0.25) is 0 Å². The highest BCUT2D eigenvalue weighted by Gasteiger charge is 2.25. The van der Waals surface area contributed by atoms with Gasteiger partial charge < -0.3 is 19.5 Å². The van der Waals surface area contributed by atoms with Crippen LogP contribution >= 0.6 is 11.6 Å². The Bertz CT molecular complexity index is 958. The lowest BCUT2D eigenvalue weighted by atomic mass is 9.85. The monoisotopic (exact) mass is 453 g/mol. The van der Waals surface area contributed by atoms with Gasteiger partial charge in [-0.3, -0.25) is 0 Å². The molecule has 0 amide bonds. The summed E-state index contributed by atoms with van der Waals surface area (Å²) in [7, 11) is 1.54. The summed E-state index contributed by atoms with van der Waals surface area (Å²) < 4.78 is 11.2.